The quantitative estimate of drug-likeness (QED) is 0.880. The van der Waals surface area contributed by atoms with Gasteiger partial charge in [-0.1, -0.05) is 56.3 Å². The van der Waals surface area contributed by atoms with Crippen LogP contribution in [0, 0.1) is 0 Å². The van der Waals surface area contributed by atoms with E-state index in [1.54, 1.807) is 4.90 Å². The van der Waals surface area contributed by atoms with E-state index in [0.29, 0.717) is 0 Å². The van der Waals surface area contributed by atoms with E-state index in [1.807, 2.05) is 0 Å². The average molecular weight is 326 g/mol. The van der Waals surface area contributed by atoms with E-state index in [-0.39, 0.29) is 5.41 Å². The third kappa shape index (κ3) is 4.16. The van der Waals surface area contributed by atoms with Crippen LogP contribution in [0.25, 0.3) is 0 Å². The highest BCUT2D eigenvalue weighted by Gasteiger charge is 2.22. The lowest BCUT2D eigenvalue weighted by molar-refractivity contribution is -0.908. The van der Waals surface area contributed by atoms with E-state index in [0.717, 1.165) is 45.2 Å². The first-order chi connectivity index (χ1) is 11.7. The van der Waals surface area contributed by atoms with Crippen molar-refractivity contribution in [2.75, 3.05) is 39.5 Å². The molecule has 0 bridgehead atoms. The number of benzene rings is 2. The molecule has 1 N–H and O–H groups in total. The first-order valence-corrected chi connectivity index (χ1v) is 8.86. The molecule has 3 rings (SSSR count). The minimum atomic E-state index is -0.00224. The van der Waals surface area contributed by atoms with Gasteiger partial charge in [0.2, 0.25) is 0 Å². The summed E-state index contributed by atoms with van der Waals surface area (Å²) in [6, 6.07) is 19.2. The molecule has 128 valence electrons. The van der Waals surface area contributed by atoms with Gasteiger partial charge < -0.3 is 14.4 Å². The monoisotopic (exact) mass is 326 g/mol. The van der Waals surface area contributed by atoms with Crippen molar-refractivity contribution in [1.29, 1.82) is 0 Å². The minimum absolute atomic E-state index is 0.00224. The van der Waals surface area contributed by atoms with E-state index < -0.39 is 0 Å². The molecule has 2 aromatic carbocycles. The van der Waals surface area contributed by atoms with Gasteiger partial charge in [0.25, 0.3) is 0 Å². The number of morpholine rings is 1. The standard InChI is InChI=1S/C21H27NO2/c1-21(2,18-6-4-3-5-7-18)19-8-10-20(11-9-19)24-17-14-22-12-15-23-16-13-22/h3-11H,12-17H2,1-2H3/p+1. The molecule has 1 saturated heterocycles. The molecule has 1 aliphatic heterocycles. The predicted molar refractivity (Wildman–Crippen MR) is 96.9 cm³/mol. The zero-order valence-electron chi connectivity index (χ0n) is 14.8. The van der Waals surface area contributed by atoms with Crippen LogP contribution in [0.2, 0.25) is 0 Å². The molecule has 3 nitrogen and oxygen atoms in total. The largest absolute Gasteiger partial charge is 0.488 e. The lowest BCUT2D eigenvalue weighted by atomic mass is 9.78. The Labute approximate surface area is 145 Å². The number of nitrogens with one attached hydrogen (secondary N) is 1. The maximum absolute atomic E-state index is 5.92. The molecule has 0 atom stereocenters. The van der Waals surface area contributed by atoms with E-state index in [9.17, 15) is 0 Å². The Bertz CT molecular complexity index is 616. The van der Waals surface area contributed by atoms with Gasteiger partial charge in [0.05, 0.1) is 13.2 Å². The van der Waals surface area contributed by atoms with Gasteiger partial charge in [0.15, 0.2) is 0 Å². The zero-order valence-corrected chi connectivity index (χ0v) is 14.8. The summed E-state index contributed by atoms with van der Waals surface area (Å²) >= 11 is 0. The second kappa shape index (κ2) is 7.82. The van der Waals surface area contributed by atoms with Crippen LogP contribution in [-0.2, 0) is 10.2 Å². The van der Waals surface area contributed by atoms with Crippen molar-refractivity contribution in [2.24, 2.45) is 0 Å². The number of hydrogen-bond donors (Lipinski definition) is 1. The molecule has 0 aliphatic carbocycles. The smallest absolute Gasteiger partial charge is 0.137 e. The summed E-state index contributed by atoms with van der Waals surface area (Å²) in [5.41, 5.74) is 2.63. The SMILES string of the molecule is CC(C)(c1ccccc1)c1ccc(OCC[NH+]2CCOCC2)cc1. The van der Waals surface area contributed by atoms with Crippen LogP contribution in [-0.4, -0.2) is 39.5 Å². The molecule has 1 heterocycles. The Kier molecular flexibility index (Phi) is 5.54. The summed E-state index contributed by atoms with van der Waals surface area (Å²) in [5.74, 6) is 0.954. The summed E-state index contributed by atoms with van der Waals surface area (Å²) in [6.45, 7) is 10.3. The van der Waals surface area contributed by atoms with Gasteiger partial charge >= 0.3 is 0 Å². The summed E-state index contributed by atoms with van der Waals surface area (Å²) in [5, 5.41) is 0. The highest BCUT2D eigenvalue weighted by Crippen LogP contribution is 2.32. The van der Waals surface area contributed by atoms with Crippen LogP contribution >= 0.6 is 0 Å². The highest BCUT2D eigenvalue weighted by molar-refractivity contribution is 5.39. The molecule has 0 amide bonds. The van der Waals surface area contributed by atoms with Crippen LogP contribution in [0.3, 0.4) is 0 Å². The third-order valence-corrected chi connectivity index (χ3v) is 5.00. The van der Waals surface area contributed by atoms with E-state index in [4.69, 9.17) is 9.47 Å². The molecule has 3 heteroatoms. The first-order valence-electron chi connectivity index (χ1n) is 8.86. The van der Waals surface area contributed by atoms with Crippen molar-refractivity contribution >= 4 is 0 Å². The fourth-order valence-corrected chi connectivity index (χ4v) is 3.21. The maximum Gasteiger partial charge on any atom is 0.137 e. The molecular weight excluding hydrogens is 298 g/mol. The molecule has 0 saturated carbocycles. The molecule has 1 aliphatic rings. The summed E-state index contributed by atoms with van der Waals surface area (Å²) in [7, 11) is 0. The molecule has 0 radical (unpaired) electrons. The molecule has 1 fully saturated rings. The van der Waals surface area contributed by atoms with E-state index in [2.05, 4.69) is 68.4 Å². The lowest BCUT2D eigenvalue weighted by Crippen LogP contribution is -3.14. The third-order valence-electron chi connectivity index (χ3n) is 5.00. The van der Waals surface area contributed by atoms with Crippen molar-refractivity contribution < 1.29 is 14.4 Å². The van der Waals surface area contributed by atoms with Crippen LogP contribution in [0.4, 0.5) is 0 Å². The van der Waals surface area contributed by atoms with E-state index >= 15 is 0 Å². The highest BCUT2D eigenvalue weighted by atomic mass is 16.5. The molecule has 24 heavy (non-hydrogen) atoms. The Morgan fingerprint density at radius 2 is 1.54 bits per heavy atom. The van der Waals surface area contributed by atoms with Gasteiger partial charge in [-0.25, -0.2) is 0 Å². The van der Waals surface area contributed by atoms with E-state index in [1.165, 1.54) is 11.1 Å². The maximum atomic E-state index is 5.92. The average Bonchev–Trinajstić information content (AvgIpc) is 2.64. The van der Waals surface area contributed by atoms with Crippen molar-refractivity contribution in [3.63, 3.8) is 0 Å². The lowest BCUT2D eigenvalue weighted by Gasteiger charge is -2.26. The Morgan fingerprint density at radius 1 is 0.917 bits per heavy atom. The van der Waals surface area contributed by atoms with Crippen LogP contribution in [0.1, 0.15) is 25.0 Å². The van der Waals surface area contributed by atoms with Crippen molar-refractivity contribution in [3.8, 4) is 5.75 Å². The second-order valence-corrected chi connectivity index (χ2v) is 6.98. The molecular formula is C21H28NO2+. The number of ether oxygens (including phenoxy) is 2. The fraction of sp³-hybridized carbons (Fsp3) is 0.429. The number of rotatable bonds is 6. The van der Waals surface area contributed by atoms with Crippen molar-refractivity contribution in [1.82, 2.24) is 0 Å². The normalized spacial score (nSPS) is 16.1. The topological polar surface area (TPSA) is 22.9 Å². The summed E-state index contributed by atoms with van der Waals surface area (Å²) in [6.07, 6.45) is 0. The molecule has 2 aromatic rings. The van der Waals surface area contributed by atoms with Crippen LogP contribution in [0.5, 0.6) is 5.75 Å². The number of quaternary nitrogens is 1. The van der Waals surface area contributed by atoms with Crippen LogP contribution < -0.4 is 9.64 Å². The Balaban J connectivity index is 1.57. The van der Waals surface area contributed by atoms with Gasteiger partial charge in [-0.2, -0.15) is 0 Å². The summed E-state index contributed by atoms with van der Waals surface area (Å²) in [4.78, 5) is 1.57. The van der Waals surface area contributed by atoms with Gasteiger partial charge in [-0.05, 0) is 23.3 Å². The number of hydrogen-bond acceptors (Lipinski definition) is 2. The predicted octanol–water partition coefficient (Wildman–Crippen LogP) is 2.31. The molecule has 0 aromatic heterocycles. The fourth-order valence-electron chi connectivity index (χ4n) is 3.21. The van der Waals surface area contributed by atoms with Gasteiger partial charge in [0, 0.05) is 5.41 Å². The Morgan fingerprint density at radius 3 is 2.21 bits per heavy atom. The molecule has 0 spiro atoms. The second-order valence-electron chi connectivity index (χ2n) is 6.98. The van der Waals surface area contributed by atoms with Crippen molar-refractivity contribution in [2.45, 2.75) is 19.3 Å². The Hall–Kier alpha value is -1.84. The first kappa shape index (κ1) is 17.0. The van der Waals surface area contributed by atoms with Gasteiger partial charge in [0.1, 0.15) is 32.0 Å². The zero-order chi connectivity index (χ0) is 16.8. The minimum Gasteiger partial charge on any atom is -0.488 e. The molecule has 0 unspecified atom stereocenters. The summed E-state index contributed by atoms with van der Waals surface area (Å²) < 4.78 is 11.3. The van der Waals surface area contributed by atoms with Crippen molar-refractivity contribution in [3.05, 3.63) is 65.7 Å². The van der Waals surface area contributed by atoms with Gasteiger partial charge in [-0.3, -0.25) is 0 Å². The van der Waals surface area contributed by atoms with Gasteiger partial charge in [-0.15, -0.1) is 0 Å². The van der Waals surface area contributed by atoms with Crippen LogP contribution in [0.15, 0.2) is 54.6 Å².